The Balaban J connectivity index is 1.80. The van der Waals surface area contributed by atoms with Crippen molar-refractivity contribution >= 4 is 5.78 Å². The minimum atomic E-state index is -1.72. The first-order chi connectivity index (χ1) is 15.2. The van der Waals surface area contributed by atoms with Gasteiger partial charge in [-0.1, -0.05) is 12.1 Å². The molecule has 2 aromatic carbocycles. The Kier molecular flexibility index (Phi) is 7.54. The Morgan fingerprint density at radius 2 is 1.72 bits per heavy atom. The predicted molar refractivity (Wildman–Crippen MR) is 110 cm³/mol. The molecule has 0 radical (unpaired) electrons. The van der Waals surface area contributed by atoms with E-state index >= 15 is 0 Å². The van der Waals surface area contributed by atoms with Gasteiger partial charge in [0.1, 0.15) is 53.0 Å². The van der Waals surface area contributed by atoms with Gasteiger partial charge < -0.3 is 44.8 Å². The van der Waals surface area contributed by atoms with Gasteiger partial charge in [0, 0.05) is 18.6 Å². The molecular weight excluding hydrogens is 424 g/mol. The standard InChI is InChI=1S/C22H26O10/c1-30-13-5-2-11(3-6-13)4-7-14(25)18-15(26)8-12(24)9-16(18)31-22-21(29)20(28)19(27)17(10-23)32-22/h2-3,5-6,8-9,17,19-24,26-29H,4,7,10H2,1H3/t17-,19-,20+,21-,22+/m1/s1. The van der Waals surface area contributed by atoms with Crippen LogP contribution in [0.25, 0.3) is 0 Å². The topological polar surface area (TPSA) is 166 Å². The number of rotatable bonds is 8. The molecule has 6 N–H and O–H groups in total. The van der Waals surface area contributed by atoms with E-state index in [0.29, 0.717) is 12.2 Å². The molecule has 0 unspecified atom stereocenters. The number of aliphatic hydroxyl groups excluding tert-OH is 4. The van der Waals surface area contributed by atoms with E-state index in [1.807, 2.05) is 0 Å². The molecule has 10 nitrogen and oxygen atoms in total. The number of ketones is 1. The van der Waals surface area contributed by atoms with Gasteiger partial charge in [-0.3, -0.25) is 4.79 Å². The first-order valence-corrected chi connectivity index (χ1v) is 9.94. The summed E-state index contributed by atoms with van der Waals surface area (Å²) in [5.74, 6) is -1.06. The highest BCUT2D eigenvalue weighted by Crippen LogP contribution is 2.36. The van der Waals surface area contributed by atoms with E-state index < -0.39 is 54.6 Å². The maximum absolute atomic E-state index is 12.9. The zero-order valence-corrected chi connectivity index (χ0v) is 17.3. The summed E-state index contributed by atoms with van der Waals surface area (Å²) in [6, 6.07) is 9.14. The molecule has 5 atom stereocenters. The van der Waals surface area contributed by atoms with Crippen molar-refractivity contribution in [2.45, 2.75) is 43.5 Å². The fourth-order valence-corrected chi connectivity index (χ4v) is 3.42. The molecule has 2 aromatic rings. The van der Waals surface area contributed by atoms with Crippen molar-refractivity contribution in [3.05, 3.63) is 47.5 Å². The summed E-state index contributed by atoms with van der Waals surface area (Å²) < 4.78 is 15.9. The number of carbonyl (C=O) groups is 1. The molecule has 0 saturated carbocycles. The average Bonchev–Trinajstić information content (AvgIpc) is 2.77. The molecule has 0 bridgehead atoms. The Hall–Kier alpha value is -2.89. The van der Waals surface area contributed by atoms with Crippen LogP contribution in [0, 0.1) is 0 Å². The fraction of sp³-hybridized carbons (Fsp3) is 0.409. The van der Waals surface area contributed by atoms with E-state index in [0.717, 1.165) is 17.7 Å². The molecule has 1 fully saturated rings. The van der Waals surface area contributed by atoms with Crippen molar-refractivity contribution in [3.63, 3.8) is 0 Å². The highest BCUT2D eigenvalue weighted by atomic mass is 16.7. The van der Waals surface area contributed by atoms with Crippen LogP contribution in [0.2, 0.25) is 0 Å². The van der Waals surface area contributed by atoms with E-state index in [1.54, 1.807) is 31.4 Å². The molecule has 174 valence electrons. The van der Waals surface area contributed by atoms with Gasteiger partial charge in [-0.05, 0) is 24.1 Å². The molecular formula is C22H26O10. The van der Waals surface area contributed by atoms with Gasteiger partial charge in [0.05, 0.1) is 13.7 Å². The van der Waals surface area contributed by atoms with Crippen LogP contribution in [0.1, 0.15) is 22.3 Å². The number of phenols is 2. The largest absolute Gasteiger partial charge is 0.508 e. The molecule has 32 heavy (non-hydrogen) atoms. The summed E-state index contributed by atoms with van der Waals surface area (Å²) in [6.45, 7) is -0.663. The lowest BCUT2D eigenvalue weighted by molar-refractivity contribution is -0.277. The van der Waals surface area contributed by atoms with Gasteiger partial charge in [0.2, 0.25) is 6.29 Å². The average molecular weight is 450 g/mol. The first-order valence-electron chi connectivity index (χ1n) is 9.94. The lowest BCUT2D eigenvalue weighted by Gasteiger charge is -2.39. The number of hydrogen-bond acceptors (Lipinski definition) is 10. The summed E-state index contributed by atoms with van der Waals surface area (Å²) in [5.41, 5.74) is 0.613. The lowest BCUT2D eigenvalue weighted by atomic mass is 9.99. The maximum atomic E-state index is 12.9. The molecule has 3 rings (SSSR count). The molecule has 1 aliphatic rings. The van der Waals surface area contributed by atoms with Crippen LogP contribution in [-0.4, -0.2) is 80.8 Å². The summed E-state index contributed by atoms with van der Waals surface area (Å²) >= 11 is 0. The third kappa shape index (κ3) is 5.12. The number of hydrogen-bond donors (Lipinski definition) is 6. The fourth-order valence-electron chi connectivity index (χ4n) is 3.42. The Morgan fingerprint density at radius 1 is 1.03 bits per heavy atom. The molecule has 0 aliphatic carbocycles. The molecule has 0 amide bonds. The normalized spacial score (nSPS) is 25.3. The summed E-state index contributed by atoms with van der Waals surface area (Å²) in [5, 5.41) is 59.5. The van der Waals surface area contributed by atoms with Gasteiger partial charge >= 0.3 is 0 Å². The van der Waals surface area contributed by atoms with Gasteiger partial charge in [-0.15, -0.1) is 0 Å². The van der Waals surface area contributed by atoms with Gasteiger partial charge in [0.25, 0.3) is 0 Å². The van der Waals surface area contributed by atoms with E-state index in [2.05, 4.69) is 0 Å². The third-order valence-corrected chi connectivity index (χ3v) is 5.24. The van der Waals surface area contributed by atoms with E-state index in [-0.39, 0.29) is 17.7 Å². The number of methoxy groups -OCH3 is 1. The van der Waals surface area contributed by atoms with Crippen LogP contribution in [0.4, 0.5) is 0 Å². The predicted octanol–water partition coefficient (Wildman–Crippen LogP) is 0.101. The van der Waals surface area contributed by atoms with Crippen LogP contribution >= 0.6 is 0 Å². The number of aryl methyl sites for hydroxylation is 1. The SMILES string of the molecule is COc1ccc(CCC(=O)c2c(O)cc(O)cc2O[C@H]2O[C@H](CO)[C@@H](O)[C@H](O)[C@H]2O)cc1. The molecule has 1 saturated heterocycles. The quantitative estimate of drug-likeness (QED) is 0.304. The zero-order chi connectivity index (χ0) is 23.4. The van der Waals surface area contributed by atoms with Crippen LogP contribution in [0.15, 0.2) is 36.4 Å². The third-order valence-electron chi connectivity index (χ3n) is 5.24. The van der Waals surface area contributed by atoms with Gasteiger partial charge in [0.15, 0.2) is 5.78 Å². The second kappa shape index (κ2) is 10.2. The van der Waals surface area contributed by atoms with Crippen molar-refractivity contribution in [2.75, 3.05) is 13.7 Å². The molecule has 0 aromatic heterocycles. The summed E-state index contributed by atoms with van der Waals surface area (Å²) in [6.07, 6.45) is -7.46. The zero-order valence-electron chi connectivity index (χ0n) is 17.3. The second-order valence-electron chi connectivity index (χ2n) is 7.42. The Labute approximate surface area is 183 Å². The number of carbonyl (C=O) groups excluding carboxylic acids is 1. The van der Waals surface area contributed by atoms with Gasteiger partial charge in [-0.25, -0.2) is 0 Å². The smallest absolute Gasteiger partial charge is 0.229 e. The van der Waals surface area contributed by atoms with E-state index in [4.69, 9.17) is 14.2 Å². The Morgan fingerprint density at radius 3 is 2.34 bits per heavy atom. The monoisotopic (exact) mass is 450 g/mol. The van der Waals surface area contributed by atoms with Crippen molar-refractivity contribution < 1.29 is 49.6 Å². The maximum Gasteiger partial charge on any atom is 0.229 e. The number of Topliss-reactive ketones (excluding diaryl/α,β-unsaturated/α-hetero) is 1. The van der Waals surface area contributed by atoms with E-state index in [1.165, 1.54) is 0 Å². The number of benzene rings is 2. The highest BCUT2D eigenvalue weighted by Gasteiger charge is 2.45. The first kappa shape index (κ1) is 23.8. The molecule has 0 spiro atoms. The second-order valence-corrected chi connectivity index (χ2v) is 7.42. The van der Waals surface area contributed by atoms with Crippen LogP contribution in [0.5, 0.6) is 23.0 Å². The highest BCUT2D eigenvalue weighted by molar-refractivity contribution is 6.01. The summed E-state index contributed by atoms with van der Waals surface area (Å²) in [4.78, 5) is 12.9. The number of aromatic hydroxyl groups is 2. The van der Waals surface area contributed by atoms with Crippen LogP contribution in [-0.2, 0) is 11.2 Å². The molecule has 10 heteroatoms. The lowest BCUT2D eigenvalue weighted by Crippen LogP contribution is -2.60. The number of ether oxygens (including phenoxy) is 3. The van der Waals surface area contributed by atoms with Gasteiger partial charge in [-0.2, -0.15) is 0 Å². The van der Waals surface area contributed by atoms with Crippen LogP contribution < -0.4 is 9.47 Å². The number of aliphatic hydroxyl groups is 4. The molecule has 1 aliphatic heterocycles. The van der Waals surface area contributed by atoms with Crippen molar-refractivity contribution in [2.24, 2.45) is 0 Å². The van der Waals surface area contributed by atoms with E-state index in [9.17, 15) is 35.4 Å². The van der Waals surface area contributed by atoms with Crippen LogP contribution in [0.3, 0.4) is 0 Å². The Bertz CT molecular complexity index is 927. The minimum Gasteiger partial charge on any atom is -0.508 e. The number of phenolic OH excluding ortho intramolecular Hbond substituents is 2. The van der Waals surface area contributed by atoms with Crippen molar-refractivity contribution in [3.8, 4) is 23.0 Å². The van der Waals surface area contributed by atoms with Crippen molar-refractivity contribution in [1.82, 2.24) is 0 Å². The molecule has 1 heterocycles. The summed E-state index contributed by atoms with van der Waals surface area (Å²) in [7, 11) is 1.54. The van der Waals surface area contributed by atoms with Crippen molar-refractivity contribution in [1.29, 1.82) is 0 Å². The minimum absolute atomic E-state index is 0.00426.